The van der Waals surface area contributed by atoms with Gasteiger partial charge in [-0.05, 0) is 70.8 Å². The first-order chi connectivity index (χ1) is 15.0. The number of rotatable bonds is 2. The molecule has 2 aromatic rings. The van der Waals surface area contributed by atoms with E-state index >= 15 is 0 Å². The van der Waals surface area contributed by atoms with Crippen molar-refractivity contribution < 1.29 is 5.11 Å². The van der Waals surface area contributed by atoms with E-state index in [1.54, 1.807) is 0 Å². The van der Waals surface area contributed by atoms with Crippen molar-refractivity contribution in [2.75, 3.05) is 0 Å². The first kappa shape index (κ1) is 24.1. The van der Waals surface area contributed by atoms with Gasteiger partial charge in [0.1, 0.15) is 6.10 Å². The Kier molecular flexibility index (Phi) is 5.49. The van der Waals surface area contributed by atoms with Crippen molar-refractivity contribution in [3.05, 3.63) is 57.9 Å². The standard InChI is InChI=1S/C30H42N2O/c1-18(23-12-11-19-17-30(13-14-30)26(33)24(19)32-23)31-25-21(28(5,6)7)15-20(27(2,3)4)16-22(25)29(8,9)10/h11-12,15-16,26,33H,13-14,17H2,1-10H3. The van der Waals surface area contributed by atoms with Crippen LogP contribution in [0.4, 0.5) is 5.69 Å². The Morgan fingerprint density at radius 1 is 0.909 bits per heavy atom. The van der Waals surface area contributed by atoms with Crippen LogP contribution in [-0.2, 0) is 22.7 Å². The molecule has 1 aromatic heterocycles. The quantitative estimate of drug-likeness (QED) is 0.486. The van der Waals surface area contributed by atoms with Gasteiger partial charge in [-0.3, -0.25) is 4.99 Å². The Bertz CT molecular complexity index is 1080. The molecule has 4 rings (SSSR count). The second kappa shape index (κ2) is 7.50. The van der Waals surface area contributed by atoms with Crippen LogP contribution in [-0.4, -0.2) is 15.8 Å². The fourth-order valence-corrected chi connectivity index (χ4v) is 5.02. The minimum atomic E-state index is -0.429. The molecule has 0 saturated heterocycles. The zero-order valence-corrected chi connectivity index (χ0v) is 22.3. The molecule has 0 bridgehead atoms. The summed E-state index contributed by atoms with van der Waals surface area (Å²) in [5, 5.41) is 10.9. The Hall–Kier alpha value is -2.00. The van der Waals surface area contributed by atoms with E-state index in [0.717, 1.165) is 42.0 Å². The van der Waals surface area contributed by atoms with Crippen LogP contribution in [0, 0.1) is 5.41 Å². The van der Waals surface area contributed by atoms with Gasteiger partial charge in [-0.15, -0.1) is 0 Å². The maximum absolute atomic E-state index is 10.9. The molecule has 1 spiro atoms. The van der Waals surface area contributed by atoms with Crippen LogP contribution in [0.5, 0.6) is 0 Å². The van der Waals surface area contributed by atoms with Gasteiger partial charge >= 0.3 is 0 Å². The molecule has 33 heavy (non-hydrogen) atoms. The molecule has 1 fully saturated rings. The zero-order valence-electron chi connectivity index (χ0n) is 22.3. The van der Waals surface area contributed by atoms with E-state index in [1.165, 1.54) is 22.3 Å². The highest BCUT2D eigenvalue weighted by atomic mass is 16.3. The normalized spacial score (nSPS) is 20.3. The highest BCUT2D eigenvalue weighted by Crippen LogP contribution is 2.61. The smallest absolute Gasteiger partial charge is 0.102 e. The molecule has 0 aliphatic heterocycles. The number of pyridine rings is 1. The van der Waals surface area contributed by atoms with Gasteiger partial charge in [0, 0.05) is 5.41 Å². The number of aliphatic imine (C=N–C) groups is 1. The van der Waals surface area contributed by atoms with Crippen LogP contribution < -0.4 is 0 Å². The average Bonchev–Trinajstić information content (AvgIpc) is 3.39. The van der Waals surface area contributed by atoms with E-state index in [2.05, 4.69) is 93.5 Å². The zero-order chi connectivity index (χ0) is 24.6. The second-order valence-corrected chi connectivity index (χ2v) is 13.5. The summed E-state index contributed by atoms with van der Waals surface area (Å²) in [6, 6.07) is 8.96. The van der Waals surface area contributed by atoms with Gasteiger partial charge in [0.2, 0.25) is 0 Å². The van der Waals surface area contributed by atoms with E-state index in [1.807, 2.05) is 0 Å². The van der Waals surface area contributed by atoms with Crippen molar-refractivity contribution in [1.29, 1.82) is 0 Å². The van der Waals surface area contributed by atoms with Gasteiger partial charge in [0.25, 0.3) is 0 Å². The van der Waals surface area contributed by atoms with Crippen LogP contribution >= 0.6 is 0 Å². The van der Waals surface area contributed by atoms with E-state index in [-0.39, 0.29) is 21.7 Å². The third-order valence-electron chi connectivity index (χ3n) is 7.53. The molecule has 1 atom stereocenters. The summed E-state index contributed by atoms with van der Waals surface area (Å²) in [7, 11) is 0. The fourth-order valence-electron chi connectivity index (χ4n) is 5.02. The van der Waals surface area contributed by atoms with E-state index in [9.17, 15) is 5.11 Å². The number of hydrogen-bond acceptors (Lipinski definition) is 3. The molecule has 3 nitrogen and oxygen atoms in total. The largest absolute Gasteiger partial charge is 0.386 e. The number of aliphatic hydroxyl groups is 1. The Morgan fingerprint density at radius 2 is 1.45 bits per heavy atom. The lowest BCUT2D eigenvalue weighted by Crippen LogP contribution is -2.21. The van der Waals surface area contributed by atoms with E-state index in [4.69, 9.17) is 9.98 Å². The molecule has 3 heteroatoms. The lowest BCUT2D eigenvalue weighted by Gasteiger charge is -2.32. The van der Waals surface area contributed by atoms with Crippen molar-refractivity contribution >= 4 is 11.4 Å². The number of fused-ring (bicyclic) bond motifs is 1. The third-order valence-corrected chi connectivity index (χ3v) is 7.53. The predicted octanol–water partition coefficient (Wildman–Crippen LogP) is 7.48. The summed E-state index contributed by atoms with van der Waals surface area (Å²) in [6.45, 7) is 22.5. The maximum atomic E-state index is 10.9. The van der Waals surface area contributed by atoms with Gasteiger partial charge in [-0.25, -0.2) is 4.98 Å². The molecule has 2 aliphatic carbocycles. The molecule has 2 aliphatic rings. The third kappa shape index (κ3) is 4.41. The number of aromatic nitrogens is 1. The lowest BCUT2D eigenvalue weighted by atomic mass is 9.74. The van der Waals surface area contributed by atoms with Gasteiger partial charge in [-0.2, -0.15) is 0 Å². The van der Waals surface area contributed by atoms with Gasteiger partial charge in [0.15, 0.2) is 0 Å². The van der Waals surface area contributed by atoms with Crippen LogP contribution in [0.1, 0.15) is 122 Å². The minimum Gasteiger partial charge on any atom is -0.386 e. The number of hydrogen-bond donors (Lipinski definition) is 1. The SMILES string of the molecule is CC(=Nc1c(C(C)(C)C)cc(C(C)(C)C)cc1C(C)(C)C)c1ccc2c(n1)C(O)C1(CC1)C2. The first-order valence-electron chi connectivity index (χ1n) is 12.5. The van der Waals surface area contributed by atoms with Gasteiger partial charge in [-0.1, -0.05) is 80.5 Å². The number of benzene rings is 1. The minimum absolute atomic E-state index is 0.0414. The first-order valence-corrected chi connectivity index (χ1v) is 12.5. The van der Waals surface area contributed by atoms with Crippen molar-refractivity contribution in [1.82, 2.24) is 4.98 Å². The van der Waals surface area contributed by atoms with Crippen molar-refractivity contribution in [2.24, 2.45) is 10.4 Å². The predicted molar refractivity (Wildman–Crippen MR) is 139 cm³/mol. The fraction of sp³-hybridized carbons (Fsp3) is 0.600. The summed E-state index contributed by atoms with van der Waals surface area (Å²) < 4.78 is 0. The molecule has 1 heterocycles. The molecular formula is C30H42N2O. The van der Waals surface area contributed by atoms with Crippen molar-refractivity contribution in [2.45, 2.75) is 111 Å². The molecule has 178 valence electrons. The van der Waals surface area contributed by atoms with Gasteiger partial charge in [0.05, 0.1) is 22.8 Å². The Morgan fingerprint density at radius 3 is 1.91 bits per heavy atom. The summed E-state index contributed by atoms with van der Waals surface area (Å²) in [5.74, 6) is 0. The molecule has 0 radical (unpaired) electrons. The molecule has 0 amide bonds. The molecule has 1 N–H and O–H groups in total. The number of aliphatic hydroxyl groups excluding tert-OH is 1. The summed E-state index contributed by atoms with van der Waals surface area (Å²) in [6.07, 6.45) is 2.75. The van der Waals surface area contributed by atoms with E-state index in [0.29, 0.717) is 0 Å². The second-order valence-electron chi connectivity index (χ2n) is 13.5. The summed E-state index contributed by atoms with van der Waals surface area (Å²) >= 11 is 0. The molecule has 1 saturated carbocycles. The molecular weight excluding hydrogens is 404 g/mol. The van der Waals surface area contributed by atoms with Gasteiger partial charge < -0.3 is 5.11 Å². The van der Waals surface area contributed by atoms with Crippen molar-refractivity contribution in [3.63, 3.8) is 0 Å². The number of nitrogens with zero attached hydrogens (tertiary/aromatic N) is 2. The van der Waals surface area contributed by atoms with Crippen molar-refractivity contribution in [3.8, 4) is 0 Å². The lowest BCUT2D eigenvalue weighted by molar-refractivity contribution is 0.105. The van der Waals surface area contributed by atoms with E-state index < -0.39 is 6.10 Å². The van der Waals surface area contributed by atoms with Crippen LogP contribution in [0.15, 0.2) is 29.3 Å². The Balaban J connectivity index is 1.87. The average molecular weight is 447 g/mol. The van der Waals surface area contributed by atoms with Crippen LogP contribution in [0.25, 0.3) is 0 Å². The summed E-state index contributed by atoms with van der Waals surface area (Å²) in [4.78, 5) is 10.2. The van der Waals surface area contributed by atoms with Crippen LogP contribution in [0.2, 0.25) is 0 Å². The highest BCUT2D eigenvalue weighted by molar-refractivity contribution is 5.99. The maximum Gasteiger partial charge on any atom is 0.102 e. The highest BCUT2D eigenvalue weighted by Gasteiger charge is 2.54. The molecule has 1 unspecified atom stereocenters. The monoisotopic (exact) mass is 446 g/mol. The molecule has 1 aromatic carbocycles. The summed E-state index contributed by atoms with van der Waals surface area (Å²) in [5.41, 5.74) is 8.87. The Labute approximate surface area is 200 Å². The van der Waals surface area contributed by atoms with Crippen LogP contribution in [0.3, 0.4) is 0 Å². The topological polar surface area (TPSA) is 45.5 Å².